The van der Waals surface area contributed by atoms with Crippen molar-refractivity contribution in [1.82, 2.24) is 4.98 Å². The number of halogens is 2. The number of nitrogens with zero attached hydrogens (tertiary/aromatic N) is 1. The first-order valence-electron chi connectivity index (χ1n) is 5.72. The summed E-state index contributed by atoms with van der Waals surface area (Å²) < 4.78 is 27.1. The van der Waals surface area contributed by atoms with E-state index in [9.17, 15) is 8.42 Å². The maximum absolute atomic E-state index is 12.3. The summed E-state index contributed by atoms with van der Waals surface area (Å²) in [6.07, 6.45) is 2.49. The van der Waals surface area contributed by atoms with Gasteiger partial charge in [-0.2, -0.15) is 0 Å². The molecule has 20 heavy (non-hydrogen) atoms. The molecular weight excluding hydrogens is 384 g/mol. The van der Waals surface area contributed by atoms with E-state index in [0.717, 1.165) is 16.6 Å². The van der Waals surface area contributed by atoms with Crippen molar-refractivity contribution in [3.8, 4) is 0 Å². The second-order valence-corrected chi connectivity index (χ2v) is 8.01. The Bertz CT molecular complexity index is 716. The molecule has 0 radical (unpaired) electrons. The molecule has 1 N–H and O–H groups in total. The first-order chi connectivity index (χ1) is 9.44. The number of nitrogens with one attached hydrogen (secondary N) is 1. The molecule has 0 bridgehead atoms. The highest BCUT2D eigenvalue weighted by molar-refractivity contribution is 9.09. The van der Waals surface area contributed by atoms with E-state index in [2.05, 4.69) is 25.6 Å². The Morgan fingerprint density at radius 1 is 1.45 bits per heavy atom. The second-order valence-electron chi connectivity index (χ2n) is 4.04. The van der Waals surface area contributed by atoms with E-state index in [4.69, 9.17) is 11.6 Å². The average Bonchev–Trinajstić information content (AvgIpc) is 2.79. The van der Waals surface area contributed by atoms with Crippen LogP contribution in [0.3, 0.4) is 0 Å². The maximum atomic E-state index is 12.3. The maximum Gasteiger partial charge on any atom is 0.263 e. The summed E-state index contributed by atoms with van der Waals surface area (Å²) in [6.45, 7) is 1.68. The molecule has 2 rings (SSSR count). The van der Waals surface area contributed by atoms with Crippen LogP contribution in [0.15, 0.2) is 29.3 Å². The highest BCUT2D eigenvalue weighted by atomic mass is 79.9. The van der Waals surface area contributed by atoms with Crippen molar-refractivity contribution in [3.63, 3.8) is 0 Å². The molecule has 2 aromatic rings. The molecule has 0 aliphatic carbocycles. The summed E-state index contributed by atoms with van der Waals surface area (Å²) in [5.41, 5.74) is 0.527. The molecule has 0 fully saturated rings. The lowest BCUT2D eigenvalue weighted by molar-refractivity contribution is 0.600. The van der Waals surface area contributed by atoms with Crippen molar-refractivity contribution in [2.24, 2.45) is 0 Å². The molecule has 0 atom stereocenters. The van der Waals surface area contributed by atoms with E-state index in [1.807, 2.05) is 0 Å². The number of rotatable bonds is 5. The minimum atomic E-state index is -3.67. The zero-order valence-electron chi connectivity index (χ0n) is 10.6. The predicted octanol–water partition coefficient (Wildman–Crippen LogP) is 3.84. The van der Waals surface area contributed by atoms with E-state index in [0.29, 0.717) is 15.7 Å². The molecule has 0 aliphatic heterocycles. The van der Waals surface area contributed by atoms with Gasteiger partial charge >= 0.3 is 0 Å². The molecular formula is C12H12BrClN2O2S2. The van der Waals surface area contributed by atoms with Gasteiger partial charge in [-0.05, 0) is 31.0 Å². The van der Waals surface area contributed by atoms with Crippen molar-refractivity contribution in [3.05, 3.63) is 39.9 Å². The number of aromatic nitrogens is 1. The van der Waals surface area contributed by atoms with Crippen LogP contribution in [0.2, 0.25) is 5.02 Å². The predicted molar refractivity (Wildman–Crippen MR) is 86.6 cm³/mol. The van der Waals surface area contributed by atoms with Crippen LogP contribution >= 0.6 is 38.9 Å². The van der Waals surface area contributed by atoms with Crippen LogP contribution in [0.4, 0.5) is 5.13 Å². The SMILES string of the molecule is Cc1c(Cl)cccc1S(=O)(=O)Nc1ncc(CCBr)s1. The van der Waals surface area contributed by atoms with Gasteiger partial charge in [0.05, 0.1) is 4.90 Å². The summed E-state index contributed by atoms with van der Waals surface area (Å²) >= 11 is 10.6. The van der Waals surface area contributed by atoms with Gasteiger partial charge in [0.1, 0.15) is 0 Å². The summed E-state index contributed by atoms with van der Waals surface area (Å²) in [5.74, 6) is 0. The third-order valence-electron chi connectivity index (χ3n) is 2.62. The van der Waals surface area contributed by atoms with Crippen molar-refractivity contribution in [2.45, 2.75) is 18.2 Å². The minimum absolute atomic E-state index is 0.169. The monoisotopic (exact) mass is 394 g/mol. The number of sulfonamides is 1. The smallest absolute Gasteiger partial charge is 0.255 e. The zero-order valence-corrected chi connectivity index (χ0v) is 14.5. The molecule has 108 valence electrons. The van der Waals surface area contributed by atoms with Crippen LogP contribution in [-0.2, 0) is 16.4 Å². The Labute approximate surface area is 135 Å². The van der Waals surface area contributed by atoms with Gasteiger partial charge in [0.2, 0.25) is 0 Å². The van der Waals surface area contributed by atoms with Crippen molar-refractivity contribution in [1.29, 1.82) is 0 Å². The molecule has 0 saturated carbocycles. The quantitative estimate of drug-likeness (QED) is 0.782. The number of benzene rings is 1. The first kappa shape index (κ1) is 15.8. The minimum Gasteiger partial charge on any atom is -0.255 e. The van der Waals surface area contributed by atoms with Gasteiger partial charge in [-0.15, -0.1) is 11.3 Å². The zero-order chi connectivity index (χ0) is 14.8. The fourth-order valence-corrected chi connectivity index (χ4v) is 4.85. The number of hydrogen-bond acceptors (Lipinski definition) is 4. The van der Waals surface area contributed by atoms with Crippen LogP contribution in [0.25, 0.3) is 0 Å². The molecule has 0 aliphatic rings. The summed E-state index contributed by atoms with van der Waals surface area (Å²) in [5, 5.41) is 1.60. The van der Waals surface area contributed by atoms with Gasteiger partial charge < -0.3 is 0 Å². The van der Waals surface area contributed by atoms with Crippen molar-refractivity contribution in [2.75, 3.05) is 10.1 Å². The van der Waals surface area contributed by atoms with E-state index in [-0.39, 0.29) is 4.90 Å². The Balaban J connectivity index is 2.28. The molecule has 1 aromatic carbocycles. The summed E-state index contributed by atoms with van der Waals surface area (Å²) in [7, 11) is -3.67. The molecule has 4 nitrogen and oxygen atoms in total. The lowest BCUT2D eigenvalue weighted by atomic mass is 10.2. The second kappa shape index (κ2) is 6.43. The highest BCUT2D eigenvalue weighted by Crippen LogP contribution is 2.26. The molecule has 0 saturated heterocycles. The topological polar surface area (TPSA) is 59.1 Å². The summed E-state index contributed by atoms with van der Waals surface area (Å²) in [4.78, 5) is 5.26. The Morgan fingerprint density at radius 3 is 2.90 bits per heavy atom. The fourth-order valence-electron chi connectivity index (χ4n) is 1.61. The van der Waals surface area contributed by atoms with Crippen LogP contribution in [-0.4, -0.2) is 18.7 Å². The third-order valence-corrected chi connectivity index (χ3v) is 6.01. The molecule has 0 spiro atoms. The van der Waals surface area contributed by atoms with E-state index in [1.54, 1.807) is 25.3 Å². The number of thiazole rings is 1. The first-order valence-corrected chi connectivity index (χ1v) is 9.52. The van der Waals surface area contributed by atoms with Gasteiger partial charge in [0.25, 0.3) is 10.0 Å². The third kappa shape index (κ3) is 3.52. The normalized spacial score (nSPS) is 11.6. The van der Waals surface area contributed by atoms with Gasteiger partial charge in [0, 0.05) is 21.4 Å². The van der Waals surface area contributed by atoms with Gasteiger partial charge in [0.15, 0.2) is 5.13 Å². The standard InChI is InChI=1S/C12H12BrClN2O2S2/c1-8-10(14)3-2-4-11(8)20(17,18)16-12-15-7-9(19-12)5-6-13/h2-4,7H,5-6H2,1H3,(H,15,16). The van der Waals surface area contributed by atoms with Crippen LogP contribution < -0.4 is 4.72 Å². The Kier molecular flexibility index (Phi) is 5.06. The lowest BCUT2D eigenvalue weighted by Crippen LogP contribution is -2.14. The fraction of sp³-hybridized carbons (Fsp3) is 0.250. The molecule has 0 unspecified atom stereocenters. The number of aryl methyl sites for hydroxylation is 1. The van der Waals surface area contributed by atoms with E-state index >= 15 is 0 Å². The van der Waals surface area contributed by atoms with Crippen molar-refractivity contribution < 1.29 is 8.42 Å². The van der Waals surface area contributed by atoms with Crippen LogP contribution in [0.5, 0.6) is 0 Å². The van der Waals surface area contributed by atoms with Gasteiger partial charge in [-0.25, -0.2) is 13.4 Å². The Hall–Kier alpha value is -0.630. The molecule has 1 aromatic heterocycles. The van der Waals surface area contributed by atoms with Crippen molar-refractivity contribution >= 4 is 54.0 Å². The average molecular weight is 396 g/mol. The molecule has 8 heteroatoms. The van der Waals surface area contributed by atoms with Gasteiger partial charge in [-0.1, -0.05) is 33.6 Å². The molecule has 1 heterocycles. The number of hydrogen-bond donors (Lipinski definition) is 1. The number of anilines is 1. The highest BCUT2D eigenvalue weighted by Gasteiger charge is 2.19. The van der Waals surface area contributed by atoms with Crippen LogP contribution in [0, 0.1) is 6.92 Å². The molecule has 0 amide bonds. The van der Waals surface area contributed by atoms with E-state index in [1.165, 1.54) is 17.4 Å². The van der Waals surface area contributed by atoms with Crippen LogP contribution in [0.1, 0.15) is 10.4 Å². The van der Waals surface area contributed by atoms with E-state index < -0.39 is 10.0 Å². The largest absolute Gasteiger partial charge is 0.263 e. The Morgan fingerprint density at radius 2 is 2.20 bits per heavy atom. The number of alkyl halides is 1. The van der Waals surface area contributed by atoms with Gasteiger partial charge in [-0.3, -0.25) is 4.72 Å². The summed E-state index contributed by atoms with van der Waals surface area (Å²) in [6, 6.07) is 4.80. The lowest BCUT2D eigenvalue weighted by Gasteiger charge is -2.09.